The Morgan fingerprint density at radius 3 is 3.00 bits per heavy atom. The molecule has 1 amide bonds. The number of carbonyl (C=O) groups excluding carboxylic acids is 1. The van der Waals surface area contributed by atoms with Crippen molar-refractivity contribution in [2.75, 3.05) is 20.3 Å². The molecule has 0 aliphatic rings. The highest BCUT2D eigenvalue weighted by Gasteiger charge is 2.18. The molecule has 1 atom stereocenters. The average Bonchev–Trinajstić information content (AvgIpc) is 2.75. The molecule has 108 valence electrons. The van der Waals surface area contributed by atoms with Crippen LogP contribution in [0.5, 0.6) is 0 Å². The molecule has 0 radical (unpaired) electrons. The van der Waals surface area contributed by atoms with Crippen LogP contribution in [0.15, 0.2) is 18.2 Å². The zero-order chi connectivity index (χ0) is 14.7. The quantitative estimate of drug-likeness (QED) is 0.657. The van der Waals surface area contributed by atoms with Gasteiger partial charge in [-0.3, -0.25) is 4.79 Å². The van der Waals surface area contributed by atoms with Crippen molar-refractivity contribution < 1.29 is 9.53 Å². The van der Waals surface area contributed by atoms with Crippen LogP contribution in [0.1, 0.15) is 18.5 Å². The molecule has 0 bridgehead atoms. The fourth-order valence-corrected chi connectivity index (χ4v) is 2.63. The van der Waals surface area contributed by atoms with Gasteiger partial charge in [-0.15, -0.1) is 0 Å². The molecule has 2 N–H and O–H groups in total. The molecule has 0 saturated heterocycles. The first-order valence-corrected chi connectivity index (χ1v) is 6.93. The molecule has 2 aromatic rings. The van der Waals surface area contributed by atoms with E-state index >= 15 is 0 Å². The maximum atomic E-state index is 12.2. The molecular weight excluding hydrogens is 274 g/mol. The molecule has 0 spiro atoms. The molecule has 1 unspecified atom stereocenters. The molecule has 1 aromatic carbocycles. The Kier molecular flexibility index (Phi) is 4.57. The Labute approximate surface area is 122 Å². The number of aromatic nitrogens is 2. The number of nitrogens with zero attached hydrogens (tertiary/aromatic N) is 1. The van der Waals surface area contributed by atoms with Crippen molar-refractivity contribution >= 4 is 29.2 Å². The summed E-state index contributed by atoms with van der Waals surface area (Å²) in [6.07, 6.45) is 0. The molecule has 5 nitrogen and oxygen atoms in total. The third-order valence-corrected chi connectivity index (χ3v) is 3.61. The monoisotopic (exact) mass is 293 g/mol. The zero-order valence-corrected chi connectivity index (χ0v) is 12.7. The predicted molar refractivity (Wildman–Crippen MR) is 81.5 cm³/mol. The Hall–Kier alpha value is -1.66. The number of benzene rings is 1. The van der Waals surface area contributed by atoms with Gasteiger partial charge in [-0.05, 0) is 37.7 Å². The van der Waals surface area contributed by atoms with Crippen LogP contribution in [-0.4, -0.2) is 35.7 Å². The minimum Gasteiger partial charge on any atom is -0.383 e. The molecule has 0 fully saturated rings. The van der Waals surface area contributed by atoms with E-state index in [9.17, 15) is 4.79 Å². The van der Waals surface area contributed by atoms with Gasteiger partial charge in [0.25, 0.3) is 0 Å². The summed E-state index contributed by atoms with van der Waals surface area (Å²) in [7, 11) is 1.61. The van der Waals surface area contributed by atoms with Crippen molar-refractivity contribution in [2.45, 2.75) is 19.9 Å². The minimum absolute atomic E-state index is 0.0673. The molecule has 6 heteroatoms. The van der Waals surface area contributed by atoms with Gasteiger partial charge >= 0.3 is 0 Å². The number of nitrogens with one attached hydrogen (secondary N) is 2. The van der Waals surface area contributed by atoms with Crippen molar-refractivity contribution in [1.29, 1.82) is 0 Å². The van der Waals surface area contributed by atoms with Gasteiger partial charge in [0.2, 0.25) is 5.91 Å². The van der Waals surface area contributed by atoms with Crippen LogP contribution in [0.3, 0.4) is 0 Å². The summed E-state index contributed by atoms with van der Waals surface area (Å²) in [5.41, 5.74) is 3.02. The van der Waals surface area contributed by atoms with Crippen LogP contribution in [0, 0.1) is 11.7 Å². The highest BCUT2D eigenvalue weighted by Crippen LogP contribution is 2.22. The van der Waals surface area contributed by atoms with E-state index in [1.165, 1.54) is 0 Å². The van der Waals surface area contributed by atoms with Crippen LogP contribution >= 0.6 is 12.2 Å². The second-order valence-electron chi connectivity index (χ2n) is 4.73. The van der Waals surface area contributed by atoms with Crippen molar-refractivity contribution in [1.82, 2.24) is 14.9 Å². The predicted octanol–water partition coefficient (Wildman–Crippen LogP) is 2.33. The van der Waals surface area contributed by atoms with Crippen molar-refractivity contribution in [3.8, 4) is 0 Å². The summed E-state index contributed by atoms with van der Waals surface area (Å²) in [6.45, 7) is 4.85. The van der Waals surface area contributed by atoms with E-state index in [4.69, 9.17) is 17.0 Å². The molecule has 0 saturated carbocycles. The van der Waals surface area contributed by atoms with E-state index in [-0.39, 0.29) is 11.9 Å². The zero-order valence-electron chi connectivity index (χ0n) is 11.9. The number of hydrogen-bond donors (Lipinski definition) is 2. The summed E-state index contributed by atoms with van der Waals surface area (Å²) < 4.78 is 7.35. The lowest BCUT2D eigenvalue weighted by Crippen LogP contribution is -2.33. The summed E-state index contributed by atoms with van der Waals surface area (Å²) in [4.78, 5) is 15.3. The van der Waals surface area contributed by atoms with Gasteiger partial charge in [0.1, 0.15) is 6.04 Å². The number of imidazole rings is 1. The third kappa shape index (κ3) is 2.76. The number of H-pyrrole nitrogens is 1. The van der Waals surface area contributed by atoms with Gasteiger partial charge in [-0.25, -0.2) is 0 Å². The van der Waals surface area contributed by atoms with Gasteiger partial charge in [-0.1, -0.05) is 12.1 Å². The lowest BCUT2D eigenvalue weighted by atomic mass is 10.2. The van der Waals surface area contributed by atoms with Crippen LogP contribution < -0.4 is 5.32 Å². The number of carbonyl (C=O) groups is 1. The summed E-state index contributed by atoms with van der Waals surface area (Å²) in [5.74, 6) is -0.0673. The van der Waals surface area contributed by atoms with Gasteiger partial charge < -0.3 is 19.6 Å². The molecule has 1 heterocycles. The number of hydrogen-bond acceptors (Lipinski definition) is 3. The highest BCUT2D eigenvalue weighted by molar-refractivity contribution is 7.71. The van der Waals surface area contributed by atoms with Crippen molar-refractivity contribution in [3.05, 3.63) is 28.5 Å². The van der Waals surface area contributed by atoms with Gasteiger partial charge in [0, 0.05) is 13.7 Å². The van der Waals surface area contributed by atoms with E-state index in [1.807, 2.05) is 36.6 Å². The van der Waals surface area contributed by atoms with Crippen LogP contribution in [0.25, 0.3) is 11.0 Å². The molecule has 1 aromatic heterocycles. The Morgan fingerprint density at radius 1 is 1.55 bits per heavy atom. The number of fused-ring (bicyclic) bond motifs is 1. The molecule has 20 heavy (non-hydrogen) atoms. The lowest BCUT2D eigenvalue weighted by Gasteiger charge is -2.15. The fourth-order valence-electron chi connectivity index (χ4n) is 2.27. The summed E-state index contributed by atoms with van der Waals surface area (Å²) in [6, 6.07) is 5.58. The first-order valence-electron chi connectivity index (χ1n) is 6.52. The first kappa shape index (κ1) is 14.7. The van der Waals surface area contributed by atoms with Crippen LogP contribution in [-0.2, 0) is 9.53 Å². The molecule has 0 aliphatic heterocycles. The second-order valence-corrected chi connectivity index (χ2v) is 5.12. The summed E-state index contributed by atoms with van der Waals surface area (Å²) in [5, 5.41) is 2.84. The lowest BCUT2D eigenvalue weighted by molar-refractivity contribution is -0.124. The van der Waals surface area contributed by atoms with E-state index in [2.05, 4.69) is 10.3 Å². The largest absolute Gasteiger partial charge is 0.383 e. The smallest absolute Gasteiger partial charge is 0.242 e. The number of aromatic amines is 1. The minimum atomic E-state index is -0.366. The maximum Gasteiger partial charge on any atom is 0.242 e. The number of rotatable bonds is 5. The van der Waals surface area contributed by atoms with E-state index in [0.29, 0.717) is 17.9 Å². The number of para-hydroxylation sites is 1. The highest BCUT2D eigenvalue weighted by atomic mass is 32.1. The normalized spacial score (nSPS) is 12.6. The number of aryl methyl sites for hydroxylation is 1. The van der Waals surface area contributed by atoms with Gasteiger partial charge in [0.15, 0.2) is 4.77 Å². The fraction of sp³-hybridized carbons (Fsp3) is 0.429. The number of amides is 1. The Balaban J connectivity index is 2.35. The topological polar surface area (TPSA) is 59.0 Å². The van der Waals surface area contributed by atoms with E-state index in [1.54, 1.807) is 7.11 Å². The Morgan fingerprint density at radius 2 is 2.30 bits per heavy atom. The second kappa shape index (κ2) is 6.19. The number of ether oxygens (including phenoxy) is 1. The van der Waals surface area contributed by atoms with E-state index < -0.39 is 0 Å². The molecular formula is C14H19N3O2S. The summed E-state index contributed by atoms with van der Waals surface area (Å²) >= 11 is 5.35. The third-order valence-electron chi connectivity index (χ3n) is 3.31. The SMILES string of the molecule is COCCNC(=O)C(C)n1c(=S)[nH]c2cccc(C)c21. The Bertz CT molecular complexity index is 675. The standard InChI is InChI=1S/C14H19N3O2S/c1-9-5-4-6-11-12(9)17(14(20)16-11)10(2)13(18)15-7-8-19-3/h4-6,10H,7-8H2,1-3H3,(H,15,18)(H,16,20). The van der Waals surface area contributed by atoms with Crippen LogP contribution in [0.4, 0.5) is 0 Å². The molecule has 0 aliphatic carbocycles. The first-order chi connectivity index (χ1) is 9.56. The maximum absolute atomic E-state index is 12.2. The molecule has 2 rings (SSSR count). The van der Waals surface area contributed by atoms with E-state index in [0.717, 1.165) is 16.6 Å². The average molecular weight is 293 g/mol. The van der Waals surface area contributed by atoms with Gasteiger partial charge in [-0.2, -0.15) is 0 Å². The van der Waals surface area contributed by atoms with Crippen molar-refractivity contribution in [3.63, 3.8) is 0 Å². The number of methoxy groups -OCH3 is 1. The van der Waals surface area contributed by atoms with Crippen molar-refractivity contribution in [2.24, 2.45) is 0 Å². The van der Waals surface area contributed by atoms with Crippen LogP contribution in [0.2, 0.25) is 0 Å². The van der Waals surface area contributed by atoms with Gasteiger partial charge in [0.05, 0.1) is 17.6 Å².